The lowest BCUT2D eigenvalue weighted by atomic mass is 10.2. The first-order valence-electron chi connectivity index (χ1n) is 8.31. The molecule has 132 valence electrons. The fraction of sp³-hybridized carbons (Fsp3) is 0.389. The van der Waals surface area contributed by atoms with E-state index in [0.717, 1.165) is 18.8 Å². The number of hydrogen-bond donors (Lipinski definition) is 1. The van der Waals surface area contributed by atoms with Gasteiger partial charge in [0.15, 0.2) is 0 Å². The fourth-order valence-corrected chi connectivity index (χ4v) is 3.07. The summed E-state index contributed by atoms with van der Waals surface area (Å²) in [7, 11) is 0. The first kappa shape index (κ1) is 17.5. The van der Waals surface area contributed by atoms with Gasteiger partial charge in [-0.05, 0) is 38.5 Å². The highest BCUT2D eigenvalue weighted by atomic mass is 35.5. The zero-order valence-electron chi connectivity index (χ0n) is 14.3. The fourth-order valence-electron chi connectivity index (χ4n) is 2.83. The van der Waals surface area contributed by atoms with Crippen LogP contribution in [0, 0.1) is 0 Å². The van der Waals surface area contributed by atoms with Gasteiger partial charge in [-0.25, -0.2) is 4.98 Å². The number of amides is 1. The molecule has 1 N–H and O–H groups in total. The van der Waals surface area contributed by atoms with Gasteiger partial charge in [0, 0.05) is 31.5 Å². The van der Waals surface area contributed by atoms with Gasteiger partial charge in [-0.1, -0.05) is 11.6 Å². The highest BCUT2D eigenvalue weighted by Crippen LogP contribution is 2.26. The summed E-state index contributed by atoms with van der Waals surface area (Å²) in [6.45, 7) is 5.35. The molecule has 3 heterocycles. The van der Waals surface area contributed by atoms with Gasteiger partial charge < -0.3 is 15.0 Å². The van der Waals surface area contributed by atoms with Crippen molar-refractivity contribution in [3.8, 4) is 5.75 Å². The monoisotopic (exact) mass is 360 g/mol. The molecule has 1 aliphatic heterocycles. The van der Waals surface area contributed by atoms with Crippen LogP contribution in [0.4, 0.5) is 5.82 Å². The maximum Gasteiger partial charge on any atom is 0.253 e. The van der Waals surface area contributed by atoms with Crippen LogP contribution in [0.15, 0.2) is 36.8 Å². The molecule has 6 nitrogen and oxygen atoms in total. The van der Waals surface area contributed by atoms with Gasteiger partial charge in [-0.15, -0.1) is 0 Å². The number of pyridine rings is 2. The Morgan fingerprint density at radius 3 is 3.04 bits per heavy atom. The van der Waals surface area contributed by atoms with Gasteiger partial charge in [0.2, 0.25) is 0 Å². The van der Waals surface area contributed by atoms with Crippen LogP contribution in [0.2, 0.25) is 5.02 Å². The molecule has 0 aromatic carbocycles. The number of nitrogens with zero attached hydrogens (tertiary/aromatic N) is 3. The van der Waals surface area contributed by atoms with E-state index in [1.807, 2.05) is 19.9 Å². The largest absolute Gasteiger partial charge is 0.489 e. The van der Waals surface area contributed by atoms with Crippen molar-refractivity contribution in [3.63, 3.8) is 0 Å². The number of carbonyl (C=O) groups excluding carboxylic acids is 1. The maximum atomic E-state index is 12.5. The van der Waals surface area contributed by atoms with Crippen LogP contribution in [0.5, 0.6) is 5.75 Å². The molecule has 7 heteroatoms. The summed E-state index contributed by atoms with van der Waals surface area (Å²) < 4.78 is 5.59. The molecule has 0 saturated carbocycles. The molecule has 0 bridgehead atoms. The third-order valence-corrected chi connectivity index (χ3v) is 4.20. The van der Waals surface area contributed by atoms with E-state index in [1.165, 1.54) is 0 Å². The molecule has 25 heavy (non-hydrogen) atoms. The van der Waals surface area contributed by atoms with Crippen LogP contribution in [0.3, 0.4) is 0 Å². The van der Waals surface area contributed by atoms with Crippen molar-refractivity contribution in [3.05, 3.63) is 47.4 Å². The van der Waals surface area contributed by atoms with Crippen LogP contribution in [-0.2, 0) is 0 Å². The van der Waals surface area contributed by atoms with E-state index in [1.54, 1.807) is 30.7 Å². The zero-order chi connectivity index (χ0) is 17.8. The summed E-state index contributed by atoms with van der Waals surface area (Å²) in [6, 6.07) is 5.38. The number of halogens is 1. The Hall–Kier alpha value is -2.34. The second-order valence-corrected chi connectivity index (χ2v) is 6.70. The minimum absolute atomic E-state index is 0.0339. The van der Waals surface area contributed by atoms with Crippen LogP contribution in [0.1, 0.15) is 30.6 Å². The molecule has 1 aliphatic rings. The van der Waals surface area contributed by atoms with Crippen molar-refractivity contribution in [2.75, 3.05) is 18.0 Å². The van der Waals surface area contributed by atoms with Crippen molar-refractivity contribution in [1.29, 1.82) is 0 Å². The summed E-state index contributed by atoms with van der Waals surface area (Å²) in [5.74, 6) is 1.20. The summed E-state index contributed by atoms with van der Waals surface area (Å²) in [5.41, 5.74) is 0.493. The zero-order valence-corrected chi connectivity index (χ0v) is 15.0. The lowest BCUT2D eigenvalue weighted by molar-refractivity contribution is 0.0939. The number of ether oxygens (including phenoxy) is 1. The SMILES string of the molecule is CC(C)Oc1cncc(C(=O)NC2CCN(c3ncccc3Cl)C2)c1. The summed E-state index contributed by atoms with van der Waals surface area (Å²) in [6.07, 6.45) is 5.75. The second-order valence-electron chi connectivity index (χ2n) is 6.29. The highest BCUT2D eigenvalue weighted by molar-refractivity contribution is 6.32. The summed E-state index contributed by atoms with van der Waals surface area (Å²) in [4.78, 5) is 23.0. The van der Waals surface area contributed by atoms with E-state index >= 15 is 0 Å². The molecule has 1 unspecified atom stereocenters. The number of nitrogens with one attached hydrogen (secondary N) is 1. The van der Waals surface area contributed by atoms with E-state index in [-0.39, 0.29) is 18.1 Å². The smallest absolute Gasteiger partial charge is 0.253 e. The molecule has 1 amide bonds. The Morgan fingerprint density at radius 2 is 2.28 bits per heavy atom. The van der Waals surface area contributed by atoms with Crippen LogP contribution >= 0.6 is 11.6 Å². The van der Waals surface area contributed by atoms with Crippen molar-refractivity contribution in [2.24, 2.45) is 0 Å². The van der Waals surface area contributed by atoms with E-state index in [2.05, 4.69) is 20.2 Å². The second kappa shape index (κ2) is 7.70. The molecule has 1 saturated heterocycles. The Balaban J connectivity index is 1.62. The Kier molecular flexibility index (Phi) is 5.38. The highest BCUT2D eigenvalue weighted by Gasteiger charge is 2.26. The van der Waals surface area contributed by atoms with E-state index < -0.39 is 0 Å². The van der Waals surface area contributed by atoms with E-state index in [9.17, 15) is 4.79 Å². The molecule has 0 aliphatic carbocycles. The molecular formula is C18H21ClN4O2. The average Bonchev–Trinajstić information content (AvgIpc) is 3.03. The van der Waals surface area contributed by atoms with Gasteiger partial charge in [0.1, 0.15) is 11.6 Å². The molecule has 2 aromatic rings. The van der Waals surface area contributed by atoms with Crippen LogP contribution < -0.4 is 15.0 Å². The van der Waals surface area contributed by atoms with Gasteiger partial charge >= 0.3 is 0 Å². The topological polar surface area (TPSA) is 67.3 Å². The average molecular weight is 361 g/mol. The Morgan fingerprint density at radius 1 is 1.44 bits per heavy atom. The molecule has 2 aromatic heterocycles. The number of hydrogen-bond acceptors (Lipinski definition) is 5. The third kappa shape index (κ3) is 4.39. The van der Waals surface area contributed by atoms with Gasteiger partial charge in [-0.3, -0.25) is 9.78 Å². The lowest BCUT2D eigenvalue weighted by Gasteiger charge is -2.19. The molecule has 3 rings (SSSR count). The Bertz CT molecular complexity index is 753. The number of anilines is 1. The van der Waals surface area contributed by atoms with Gasteiger partial charge in [0.05, 0.1) is 22.9 Å². The maximum absolute atomic E-state index is 12.5. The molecule has 1 atom stereocenters. The van der Waals surface area contributed by atoms with Crippen molar-refractivity contribution >= 4 is 23.3 Å². The van der Waals surface area contributed by atoms with E-state index in [0.29, 0.717) is 22.9 Å². The van der Waals surface area contributed by atoms with Crippen LogP contribution in [-0.4, -0.2) is 41.1 Å². The molecule has 0 radical (unpaired) electrons. The minimum atomic E-state index is -0.152. The summed E-state index contributed by atoms with van der Waals surface area (Å²) >= 11 is 6.20. The number of rotatable bonds is 5. The normalized spacial score (nSPS) is 17.0. The quantitative estimate of drug-likeness (QED) is 0.888. The van der Waals surface area contributed by atoms with Gasteiger partial charge in [0.25, 0.3) is 5.91 Å². The lowest BCUT2D eigenvalue weighted by Crippen LogP contribution is -2.37. The van der Waals surface area contributed by atoms with Crippen molar-refractivity contribution in [2.45, 2.75) is 32.4 Å². The van der Waals surface area contributed by atoms with Crippen LogP contribution in [0.25, 0.3) is 0 Å². The predicted octanol–water partition coefficient (Wildman–Crippen LogP) is 2.93. The predicted molar refractivity (Wildman–Crippen MR) is 97.3 cm³/mol. The summed E-state index contributed by atoms with van der Waals surface area (Å²) in [5, 5.41) is 3.67. The van der Waals surface area contributed by atoms with Gasteiger partial charge in [-0.2, -0.15) is 0 Å². The third-order valence-electron chi connectivity index (χ3n) is 3.91. The number of carbonyl (C=O) groups is 1. The molecule has 1 fully saturated rings. The van der Waals surface area contributed by atoms with Crippen molar-refractivity contribution < 1.29 is 9.53 Å². The molecule has 0 spiro atoms. The standard InChI is InChI=1S/C18H21ClN4O2/c1-12(2)25-15-8-13(9-20-10-15)18(24)22-14-5-7-23(11-14)17-16(19)4-3-6-21-17/h3-4,6,8-10,12,14H,5,7,11H2,1-2H3,(H,22,24). The minimum Gasteiger partial charge on any atom is -0.489 e. The number of aromatic nitrogens is 2. The first-order valence-corrected chi connectivity index (χ1v) is 8.69. The van der Waals surface area contributed by atoms with Crippen molar-refractivity contribution in [1.82, 2.24) is 15.3 Å². The van der Waals surface area contributed by atoms with E-state index in [4.69, 9.17) is 16.3 Å². The first-order chi connectivity index (χ1) is 12.0. The molecular weight excluding hydrogens is 340 g/mol. The Labute approximate surface area is 152 Å².